The zero-order chi connectivity index (χ0) is 13.0. The maximum absolute atomic E-state index is 13.3. The lowest BCUT2D eigenvalue weighted by molar-refractivity contribution is -0.385. The number of nitrogens with zero attached hydrogens (tertiary/aromatic N) is 1. The molecule has 7 nitrogen and oxygen atoms in total. The summed E-state index contributed by atoms with van der Waals surface area (Å²) in [5.74, 6) is -3.56. The van der Waals surface area contributed by atoms with Gasteiger partial charge in [0.2, 0.25) is 0 Å². The van der Waals surface area contributed by atoms with Gasteiger partial charge in [-0.2, -0.15) is 0 Å². The van der Waals surface area contributed by atoms with Crippen LogP contribution < -0.4 is 5.32 Å². The lowest BCUT2D eigenvalue weighted by atomic mass is 10.1. The second-order valence-corrected chi connectivity index (χ2v) is 2.97. The van der Waals surface area contributed by atoms with Gasteiger partial charge < -0.3 is 10.4 Å². The third-order valence-corrected chi connectivity index (χ3v) is 1.82. The number of carboxylic acids is 1. The summed E-state index contributed by atoms with van der Waals surface area (Å²) in [6.07, 6.45) is 0. The molecule has 0 spiro atoms. The van der Waals surface area contributed by atoms with E-state index in [-0.39, 0.29) is 0 Å². The highest BCUT2D eigenvalue weighted by atomic mass is 19.1. The second kappa shape index (κ2) is 5.01. The van der Waals surface area contributed by atoms with Gasteiger partial charge >= 0.3 is 5.97 Å². The van der Waals surface area contributed by atoms with E-state index < -0.39 is 40.4 Å². The number of aliphatic carboxylic acids is 1. The van der Waals surface area contributed by atoms with Crippen molar-refractivity contribution in [2.45, 2.75) is 0 Å². The van der Waals surface area contributed by atoms with Crippen LogP contribution in [0.4, 0.5) is 10.1 Å². The predicted molar refractivity (Wildman–Crippen MR) is 53.0 cm³/mol. The maximum atomic E-state index is 13.3. The first-order chi connectivity index (χ1) is 7.93. The van der Waals surface area contributed by atoms with Gasteiger partial charge in [-0.05, 0) is 6.07 Å². The van der Waals surface area contributed by atoms with Crippen molar-refractivity contribution in [3.63, 3.8) is 0 Å². The Kier molecular flexibility index (Phi) is 3.70. The SMILES string of the molecule is O=C(O)CNC(=O)c1c(F)cccc1[N+](=O)[O-]. The van der Waals surface area contributed by atoms with Gasteiger partial charge in [0.05, 0.1) is 4.92 Å². The van der Waals surface area contributed by atoms with Crippen molar-refractivity contribution in [2.75, 3.05) is 6.54 Å². The van der Waals surface area contributed by atoms with E-state index in [9.17, 15) is 24.1 Å². The number of nitrogens with one attached hydrogen (secondary N) is 1. The molecule has 0 aliphatic heterocycles. The van der Waals surface area contributed by atoms with E-state index in [0.29, 0.717) is 0 Å². The van der Waals surface area contributed by atoms with Crippen LogP contribution in [0.1, 0.15) is 10.4 Å². The van der Waals surface area contributed by atoms with Crippen molar-refractivity contribution in [3.8, 4) is 0 Å². The highest BCUT2D eigenvalue weighted by Crippen LogP contribution is 2.20. The third-order valence-electron chi connectivity index (χ3n) is 1.82. The van der Waals surface area contributed by atoms with Crippen LogP contribution in [0.3, 0.4) is 0 Å². The quantitative estimate of drug-likeness (QED) is 0.591. The zero-order valence-corrected chi connectivity index (χ0v) is 8.34. The highest BCUT2D eigenvalue weighted by molar-refractivity contribution is 5.99. The standard InChI is InChI=1S/C9H7FN2O5/c10-5-2-1-3-6(12(16)17)8(5)9(15)11-4-7(13)14/h1-3H,4H2,(H,11,15)(H,13,14). The van der Waals surface area contributed by atoms with Crippen molar-refractivity contribution in [1.29, 1.82) is 0 Å². The summed E-state index contributed by atoms with van der Waals surface area (Å²) in [5, 5.41) is 20.7. The number of carbonyl (C=O) groups is 2. The van der Waals surface area contributed by atoms with Crippen molar-refractivity contribution in [3.05, 3.63) is 39.7 Å². The Balaban J connectivity index is 3.07. The molecule has 0 heterocycles. The van der Waals surface area contributed by atoms with E-state index in [0.717, 1.165) is 18.2 Å². The summed E-state index contributed by atoms with van der Waals surface area (Å²) in [7, 11) is 0. The largest absolute Gasteiger partial charge is 0.480 e. The first kappa shape index (κ1) is 12.6. The van der Waals surface area contributed by atoms with Crippen LogP contribution in [0, 0.1) is 15.9 Å². The van der Waals surface area contributed by atoms with Crippen LogP contribution in [0.25, 0.3) is 0 Å². The van der Waals surface area contributed by atoms with Gasteiger partial charge in [0.1, 0.15) is 12.4 Å². The first-order valence-electron chi connectivity index (χ1n) is 4.36. The molecule has 1 aromatic rings. The summed E-state index contributed by atoms with van der Waals surface area (Å²) < 4.78 is 13.3. The number of carboxylic acid groups (broad SMARTS) is 1. The lowest BCUT2D eigenvalue weighted by Gasteiger charge is -2.04. The topological polar surface area (TPSA) is 110 Å². The molecule has 0 unspecified atom stereocenters. The molecule has 0 saturated carbocycles. The van der Waals surface area contributed by atoms with Gasteiger partial charge in [-0.3, -0.25) is 19.7 Å². The number of nitro benzene ring substituents is 1. The molecule has 1 amide bonds. The fraction of sp³-hybridized carbons (Fsp3) is 0.111. The van der Waals surface area contributed by atoms with Crippen molar-refractivity contribution >= 4 is 17.6 Å². The van der Waals surface area contributed by atoms with Gasteiger partial charge in [0.25, 0.3) is 11.6 Å². The normalized spacial score (nSPS) is 9.71. The highest BCUT2D eigenvalue weighted by Gasteiger charge is 2.24. The minimum absolute atomic E-state index is 0.715. The Morgan fingerprint density at radius 2 is 2.12 bits per heavy atom. The van der Waals surface area contributed by atoms with Gasteiger partial charge in [0.15, 0.2) is 5.56 Å². The molecular weight excluding hydrogens is 235 g/mol. The number of hydrogen-bond donors (Lipinski definition) is 2. The average molecular weight is 242 g/mol. The molecule has 0 aliphatic carbocycles. The lowest BCUT2D eigenvalue weighted by Crippen LogP contribution is -2.30. The van der Waals surface area contributed by atoms with E-state index >= 15 is 0 Å². The van der Waals surface area contributed by atoms with Gasteiger partial charge in [-0.1, -0.05) is 6.07 Å². The number of benzene rings is 1. The Bertz CT molecular complexity index is 488. The second-order valence-electron chi connectivity index (χ2n) is 2.97. The van der Waals surface area contributed by atoms with Crippen molar-refractivity contribution in [2.24, 2.45) is 0 Å². The Hall–Kier alpha value is -2.51. The molecule has 8 heteroatoms. The monoisotopic (exact) mass is 242 g/mol. The van der Waals surface area contributed by atoms with E-state index in [1.54, 1.807) is 0 Å². The Labute approximate surface area is 94.0 Å². The third kappa shape index (κ3) is 2.97. The minimum atomic E-state index is -1.34. The average Bonchev–Trinajstić information content (AvgIpc) is 2.25. The first-order valence-corrected chi connectivity index (χ1v) is 4.36. The van der Waals surface area contributed by atoms with E-state index in [4.69, 9.17) is 5.11 Å². The summed E-state index contributed by atoms with van der Waals surface area (Å²) in [4.78, 5) is 31.2. The van der Waals surface area contributed by atoms with Crippen molar-refractivity contribution < 1.29 is 24.0 Å². The molecule has 0 saturated heterocycles. The molecule has 0 bridgehead atoms. The molecule has 0 fully saturated rings. The molecule has 17 heavy (non-hydrogen) atoms. The van der Waals surface area contributed by atoms with Gasteiger partial charge in [-0.25, -0.2) is 4.39 Å². The van der Waals surface area contributed by atoms with Crippen LogP contribution in [0.15, 0.2) is 18.2 Å². The Morgan fingerprint density at radius 1 is 1.47 bits per heavy atom. The van der Waals surface area contributed by atoms with E-state index in [1.807, 2.05) is 5.32 Å². The van der Waals surface area contributed by atoms with Crippen molar-refractivity contribution in [1.82, 2.24) is 5.32 Å². The van der Waals surface area contributed by atoms with Gasteiger partial charge in [-0.15, -0.1) is 0 Å². The van der Waals surface area contributed by atoms with Crippen LogP contribution in [-0.4, -0.2) is 28.5 Å². The molecule has 2 N–H and O–H groups in total. The summed E-state index contributed by atoms with van der Waals surface area (Å²) in [6.45, 7) is -0.746. The molecule has 90 valence electrons. The number of carbonyl (C=O) groups excluding carboxylic acids is 1. The summed E-state index contributed by atoms with van der Waals surface area (Å²) >= 11 is 0. The smallest absolute Gasteiger partial charge is 0.322 e. The van der Waals surface area contributed by atoms with E-state index in [1.165, 1.54) is 0 Å². The maximum Gasteiger partial charge on any atom is 0.322 e. The molecule has 0 aromatic heterocycles. The number of halogens is 1. The Morgan fingerprint density at radius 3 is 2.65 bits per heavy atom. The number of amides is 1. The molecular formula is C9H7FN2O5. The minimum Gasteiger partial charge on any atom is -0.480 e. The van der Waals surface area contributed by atoms with E-state index in [2.05, 4.69) is 0 Å². The number of nitro groups is 1. The number of hydrogen-bond acceptors (Lipinski definition) is 4. The predicted octanol–water partition coefficient (Wildman–Crippen LogP) is 0.548. The fourth-order valence-corrected chi connectivity index (χ4v) is 1.13. The summed E-state index contributed by atoms with van der Waals surface area (Å²) in [5.41, 5.74) is -1.49. The summed E-state index contributed by atoms with van der Waals surface area (Å²) in [6, 6.07) is 2.92. The van der Waals surface area contributed by atoms with Crippen LogP contribution in [-0.2, 0) is 4.79 Å². The number of rotatable bonds is 4. The van der Waals surface area contributed by atoms with Gasteiger partial charge in [0, 0.05) is 6.07 Å². The van der Waals surface area contributed by atoms with Crippen LogP contribution in [0.5, 0.6) is 0 Å². The fourth-order valence-electron chi connectivity index (χ4n) is 1.13. The molecule has 0 radical (unpaired) electrons. The van der Waals surface area contributed by atoms with Crippen LogP contribution in [0.2, 0.25) is 0 Å². The molecule has 1 aromatic carbocycles. The molecule has 1 rings (SSSR count). The zero-order valence-electron chi connectivity index (χ0n) is 8.34. The molecule has 0 atom stereocenters. The molecule has 0 aliphatic rings. The van der Waals surface area contributed by atoms with Crippen LogP contribution >= 0.6 is 0 Å².